The van der Waals surface area contributed by atoms with Crippen molar-refractivity contribution in [3.05, 3.63) is 29.6 Å². The van der Waals surface area contributed by atoms with Crippen molar-refractivity contribution in [1.82, 2.24) is 10.2 Å². The van der Waals surface area contributed by atoms with Gasteiger partial charge in [0.1, 0.15) is 0 Å². The molecule has 1 heterocycles. The Labute approximate surface area is 118 Å². The lowest BCUT2D eigenvalue weighted by Crippen LogP contribution is -2.51. The van der Waals surface area contributed by atoms with Gasteiger partial charge in [-0.25, -0.2) is 4.39 Å². The molecule has 1 amide bonds. The van der Waals surface area contributed by atoms with Gasteiger partial charge >= 0.3 is 0 Å². The number of carbonyl (C=O) groups is 1. The topological polar surface area (TPSA) is 41.6 Å². The van der Waals surface area contributed by atoms with Crippen LogP contribution in [0.5, 0.6) is 5.75 Å². The Kier molecular flexibility index (Phi) is 5.57. The zero-order valence-corrected chi connectivity index (χ0v) is 11.8. The summed E-state index contributed by atoms with van der Waals surface area (Å²) in [4.78, 5) is 13.9. The van der Waals surface area contributed by atoms with Crippen LogP contribution >= 0.6 is 12.4 Å². The number of nitrogens with zero attached hydrogens (tertiary/aromatic N) is 1. The minimum atomic E-state index is -0.508. The molecule has 1 aromatic rings. The van der Waals surface area contributed by atoms with E-state index in [9.17, 15) is 9.18 Å². The van der Waals surface area contributed by atoms with Crippen molar-refractivity contribution < 1.29 is 13.9 Å². The molecule has 6 heteroatoms. The number of hydrogen-bond acceptors (Lipinski definition) is 3. The van der Waals surface area contributed by atoms with Gasteiger partial charge in [0.2, 0.25) is 0 Å². The van der Waals surface area contributed by atoms with Crippen molar-refractivity contribution in [2.45, 2.75) is 13.0 Å². The molecule has 1 aliphatic heterocycles. The Morgan fingerprint density at radius 1 is 1.53 bits per heavy atom. The molecule has 19 heavy (non-hydrogen) atoms. The van der Waals surface area contributed by atoms with Gasteiger partial charge in [0, 0.05) is 31.2 Å². The van der Waals surface area contributed by atoms with E-state index in [-0.39, 0.29) is 30.1 Å². The fourth-order valence-electron chi connectivity index (χ4n) is 2.10. The van der Waals surface area contributed by atoms with Crippen LogP contribution in [0.1, 0.15) is 17.3 Å². The third kappa shape index (κ3) is 3.58. The zero-order valence-electron chi connectivity index (χ0n) is 11.0. The van der Waals surface area contributed by atoms with Crippen LogP contribution < -0.4 is 10.1 Å². The summed E-state index contributed by atoms with van der Waals surface area (Å²) >= 11 is 0. The number of carbonyl (C=O) groups excluding carboxylic acids is 1. The maximum Gasteiger partial charge on any atom is 0.254 e. The van der Waals surface area contributed by atoms with Crippen LogP contribution in [0.4, 0.5) is 4.39 Å². The Bertz CT molecular complexity index is 456. The van der Waals surface area contributed by atoms with Gasteiger partial charge in [0.15, 0.2) is 11.6 Å². The highest BCUT2D eigenvalue weighted by atomic mass is 35.5. The molecule has 0 aromatic heterocycles. The average Bonchev–Trinajstić information content (AvgIpc) is 2.37. The smallest absolute Gasteiger partial charge is 0.254 e. The summed E-state index contributed by atoms with van der Waals surface area (Å²) in [5.74, 6) is -0.489. The lowest BCUT2D eigenvalue weighted by Gasteiger charge is -2.32. The summed E-state index contributed by atoms with van der Waals surface area (Å²) < 4.78 is 18.4. The number of methoxy groups -OCH3 is 1. The third-order valence-electron chi connectivity index (χ3n) is 3.05. The summed E-state index contributed by atoms with van der Waals surface area (Å²) in [6.45, 7) is 4.09. The molecule has 2 rings (SSSR count). The molecular weight excluding hydrogens is 271 g/mol. The number of ether oxygens (including phenoxy) is 1. The van der Waals surface area contributed by atoms with Crippen LogP contribution in [0.15, 0.2) is 18.2 Å². The predicted octanol–water partition coefficient (Wildman–Crippen LogP) is 1.69. The Morgan fingerprint density at radius 2 is 2.26 bits per heavy atom. The summed E-state index contributed by atoms with van der Waals surface area (Å²) in [5.41, 5.74) is 0.363. The largest absolute Gasteiger partial charge is 0.494 e. The first-order valence-corrected chi connectivity index (χ1v) is 5.98. The number of halogens is 2. The van der Waals surface area contributed by atoms with E-state index in [0.29, 0.717) is 18.7 Å². The van der Waals surface area contributed by atoms with Crippen LogP contribution in [0.3, 0.4) is 0 Å². The number of rotatable bonds is 2. The highest BCUT2D eigenvalue weighted by molar-refractivity contribution is 5.94. The molecule has 0 bridgehead atoms. The van der Waals surface area contributed by atoms with E-state index in [0.717, 1.165) is 6.54 Å². The van der Waals surface area contributed by atoms with E-state index in [1.54, 1.807) is 11.0 Å². The highest BCUT2D eigenvalue weighted by Gasteiger charge is 2.22. The molecule has 0 radical (unpaired) electrons. The fraction of sp³-hybridized carbons (Fsp3) is 0.462. The fourth-order valence-corrected chi connectivity index (χ4v) is 2.10. The summed E-state index contributed by atoms with van der Waals surface area (Å²) in [7, 11) is 1.40. The van der Waals surface area contributed by atoms with Gasteiger partial charge in [-0.2, -0.15) is 0 Å². The van der Waals surface area contributed by atoms with E-state index in [4.69, 9.17) is 4.74 Å². The molecule has 1 atom stereocenters. The highest BCUT2D eigenvalue weighted by Crippen LogP contribution is 2.19. The van der Waals surface area contributed by atoms with Crippen molar-refractivity contribution in [2.75, 3.05) is 26.7 Å². The van der Waals surface area contributed by atoms with Gasteiger partial charge in [0.25, 0.3) is 5.91 Å². The lowest BCUT2D eigenvalue weighted by molar-refractivity contribution is 0.0708. The molecule has 0 saturated carbocycles. The first-order chi connectivity index (χ1) is 8.61. The van der Waals surface area contributed by atoms with E-state index in [1.165, 1.54) is 19.2 Å². The zero-order chi connectivity index (χ0) is 13.1. The van der Waals surface area contributed by atoms with Crippen molar-refractivity contribution in [2.24, 2.45) is 0 Å². The lowest BCUT2D eigenvalue weighted by atomic mass is 10.1. The Morgan fingerprint density at radius 3 is 2.84 bits per heavy atom. The molecule has 1 fully saturated rings. The number of piperazine rings is 1. The molecule has 0 unspecified atom stereocenters. The van der Waals surface area contributed by atoms with Crippen molar-refractivity contribution >= 4 is 18.3 Å². The molecule has 1 N–H and O–H groups in total. The van der Waals surface area contributed by atoms with Crippen LogP contribution in [-0.2, 0) is 0 Å². The molecule has 1 aromatic carbocycles. The first-order valence-electron chi connectivity index (χ1n) is 5.98. The maximum absolute atomic E-state index is 13.5. The third-order valence-corrected chi connectivity index (χ3v) is 3.05. The number of benzene rings is 1. The minimum Gasteiger partial charge on any atom is -0.494 e. The van der Waals surface area contributed by atoms with Gasteiger partial charge in [0.05, 0.1) is 7.11 Å². The monoisotopic (exact) mass is 288 g/mol. The number of amides is 1. The molecule has 1 aliphatic rings. The molecular formula is C13H18ClFN2O2. The summed E-state index contributed by atoms with van der Waals surface area (Å²) in [5, 5.41) is 3.26. The van der Waals surface area contributed by atoms with E-state index >= 15 is 0 Å². The predicted molar refractivity (Wildman–Crippen MR) is 73.6 cm³/mol. The second kappa shape index (κ2) is 6.73. The van der Waals surface area contributed by atoms with Crippen LogP contribution in [-0.4, -0.2) is 43.6 Å². The Balaban J connectivity index is 0.00000180. The second-order valence-corrected chi connectivity index (χ2v) is 4.46. The summed E-state index contributed by atoms with van der Waals surface area (Å²) in [6, 6.07) is 4.57. The molecule has 0 spiro atoms. The number of nitrogens with one attached hydrogen (secondary N) is 1. The normalized spacial score (nSPS) is 18.7. The van der Waals surface area contributed by atoms with Crippen LogP contribution in [0.2, 0.25) is 0 Å². The van der Waals surface area contributed by atoms with E-state index in [1.807, 2.05) is 6.92 Å². The second-order valence-electron chi connectivity index (χ2n) is 4.46. The van der Waals surface area contributed by atoms with Crippen molar-refractivity contribution in [3.63, 3.8) is 0 Å². The van der Waals surface area contributed by atoms with Crippen molar-refractivity contribution in [3.8, 4) is 5.75 Å². The van der Waals surface area contributed by atoms with Gasteiger partial charge in [-0.3, -0.25) is 4.79 Å². The van der Waals surface area contributed by atoms with Gasteiger partial charge in [-0.05, 0) is 25.1 Å². The quantitative estimate of drug-likeness (QED) is 0.900. The molecule has 106 valence electrons. The van der Waals surface area contributed by atoms with Gasteiger partial charge in [-0.15, -0.1) is 12.4 Å². The first kappa shape index (κ1) is 15.7. The molecule has 1 saturated heterocycles. The van der Waals surface area contributed by atoms with E-state index < -0.39 is 5.82 Å². The van der Waals surface area contributed by atoms with Crippen LogP contribution in [0, 0.1) is 5.82 Å². The maximum atomic E-state index is 13.5. The number of hydrogen-bond donors (Lipinski definition) is 1. The van der Waals surface area contributed by atoms with Gasteiger partial charge in [-0.1, -0.05) is 0 Å². The van der Waals surface area contributed by atoms with Crippen molar-refractivity contribution in [1.29, 1.82) is 0 Å². The van der Waals surface area contributed by atoms with Crippen LogP contribution in [0.25, 0.3) is 0 Å². The average molecular weight is 289 g/mol. The summed E-state index contributed by atoms with van der Waals surface area (Å²) in [6.07, 6.45) is 0. The Hall–Kier alpha value is -1.33. The van der Waals surface area contributed by atoms with Gasteiger partial charge < -0.3 is 15.0 Å². The minimum absolute atomic E-state index is 0. The standard InChI is InChI=1S/C13H17FN2O2.ClH/c1-9-8-16(6-5-15-9)13(17)10-3-4-12(18-2)11(14)7-10;/h3-4,7,9,15H,5-6,8H2,1-2H3;1H/t9-;/m0./s1. The molecule has 0 aliphatic carbocycles. The molecule has 4 nitrogen and oxygen atoms in total. The SMILES string of the molecule is COc1ccc(C(=O)N2CCN[C@@H](C)C2)cc1F.Cl. The van der Waals surface area contributed by atoms with E-state index in [2.05, 4.69) is 5.32 Å².